The predicted molar refractivity (Wildman–Crippen MR) is 89.0 cm³/mol. The van der Waals surface area contributed by atoms with Crippen LogP contribution in [-0.2, 0) is 11.3 Å². The molecule has 1 amide bonds. The van der Waals surface area contributed by atoms with Gasteiger partial charge >= 0.3 is 0 Å². The third-order valence-corrected chi connectivity index (χ3v) is 4.16. The minimum Gasteiger partial charge on any atom is -0.330 e. The fraction of sp³-hybridized carbons (Fsp3) is 0.188. The van der Waals surface area contributed by atoms with Crippen molar-refractivity contribution in [1.29, 1.82) is 0 Å². The van der Waals surface area contributed by atoms with Gasteiger partial charge in [0.1, 0.15) is 0 Å². The number of carbonyl (C=O) groups is 1. The first-order valence-corrected chi connectivity index (χ1v) is 7.88. The molecule has 0 saturated heterocycles. The summed E-state index contributed by atoms with van der Waals surface area (Å²) < 4.78 is 1.99. The monoisotopic (exact) mass is 312 g/mol. The maximum Gasteiger partial charge on any atom is 0.244 e. The average Bonchev–Trinajstić information content (AvgIpc) is 3.17. The van der Waals surface area contributed by atoms with Crippen molar-refractivity contribution >= 4 is 34.5 Å². The van der Waals surface area contributed by atoms with E-state index in [1.807, 2.05) is 53.3 Å². The smallest absolute Gasteiger partial charge is 0.244 e. The molecule has 0 aliphatic rings. The topological polar surface area (TPSA) is 59.3 Å². The number of nitrogens with zero attached hydrogens (tertiary/aromatic N) is 3. The quantitative estimate of drug-likeness (QED) is 0.582. The fourth-order valence-corrected chi connectivity index (χ4v) is 2.75. The van der Waals surface area contributed by atoms with Gasteiger partial charge in [0.05, 0.1) is 29.5 Å². The molecule has 22 heavy (non-hydrogen) atoms. The molecule has 3 aromatic rings. The summed E-state index contributed by atoms with van der Waals surface area (Å²) in [5.74, 6) is -0.302. The third-order valence-electron chi connectivity index (χ3n) is 3.36. The number of hydrogen-bond acceptors (Lipinski definition) is 4. The summed E-state index contributed by atoms with van der Waals surface area (Å²) in [5.41, 5.74) is 4.55. The number of amides is 1. The third kappa shape index (κ3) is 3.23. The van der Waals surface area contributed by atoms with Crippen LogP contribution >= 0.6 is 11.3 Å². The molecule has 0 unspecified atom stereocenters. The highest BCUT2D eigenvalue weighted by atomic mass is 32.1. The minimum atomic E-state index is -0.196. The van der Waals surface area contributed by atoms with Gasteiger partial charge in [-0.3, -0.25) is 4.79 Å². The molecule has 5 nitrogen and oxygen atoms in total. The SMILES string of the molecule is C[C@H](Cn1cnc2ccccc21)C(=O)N/N=C\c1cccs1. The summed E-state index contributed by atoms with van der Waals surface area (Å²) in [5, 5.41) is 5.96. The van der Waals surface area contributed by atoms with Crippen molar-refractivity contribution in [2.24, 2.45) is 11.0 Å². The van der Waals surface area contributed by atoms with E-state index in [2.05, 4.69) is 15.5 Å². The lowest BCUT2D eigenvalue weighted by Crippen LogP contribution is -2.27. The van der Waals surface area contributed by atoms with Crippen molar-refractivity contribution in [3.63, 3.8) is 0 Å². The Bertz CT molecular complexity index is 791. The average molecular weight is 312 g/mol. The molecule has 6 heteroatoms. The number of thiophene rings is 1. The highest BCUT2D eigenvalue weighted by molar-refractivity contribution is 7.11. The molecule has 2 heterocycles. The summed E-state index contributed by atoms with van der Waals surface area (Å²) in [6, 6.07) is 11.8. The number of imidazole rings is 1. The largest absolute Gasteiger partial charge is 0.330 e. The van der Waals surface area contributed by atoms with Crippen LogP contribution in [0.4, 0.5) is 0 Å². The second kappa shape index (κ2) is 6.53. The standard InChI is InChI=1S/C16H16N4OS/c1-12(16(21)19-18-9-13-5-4-8-22-13)10-20-11-17-14-6-2-3-7-15(14)20/h2-9,11-12H,10H2,1H3,(H,19,21)/b18-9-/t12-/m1/s1. The van der Waals surface area contributed by atoms with Gasteiger partial charge in [0.15, 0.2) is 0 Å². The Labute approximate surface area is 132 Å². The normalized spacial score (nSPS) is 12.8. The molecular weight excluding hydrogens is 296 g/mol. The molecule has 0 aliphatic carbocycles. The highest BCUT2D eigenvalue weighted by Gasteiger charge is 2.14. The van der Waals surface area contributed by atoms with Crippen LogP contribution in [-0.4, -0.2) is 21.7 Å². The van der Waals surface area contributed by atoms with Crippen LogP contribution in [0.1, 0.15) is 11.8 Å². The first-order chi connectivity index (χ1) is 10.7. The number of rotatable bonds is 5. The van der Waals surface area contributed by atoms with Gasteiger partial charge in [-0.25, -0.2) is 10.4 Å². The van der Waals surface area contributed by atoms with E-state index in [0.717, 1.165) is 15.9 Å². The van der Waals surface area contributed by atoms with Crippen molar-refractivity contribution in [3.05, 3.63) is 53.0 Å². The zero-order valence-electron chi connectivity index (χ0n) is 12.1. The highest BCUT2D eigenvalue weighted by Crippen LogP contribution is 2.13. The summed E-state index contributed by atoms with van der Waals surface area (Å²) >= 11 is 1.58. The molecule has 1 atom stereocenters. The maximum atomic E-state index is 12.1. The molecule has 1 aromatic carbocycles. The molecule has 0 spiro atoms. The Kier molecular flexibility index (Phi) is 4.29. The molecule has 0 saturated carbocycles. The van der Waals surface area contributed by atoms with Gasteiger partial charge in [0.25, 0.3) is 0 Å². The van der Waals surface area contributed by atoms with E-state index in [1.54, 1.807) is 23.9 Å². The predicted octanol–water partition coefficient (Wildman–Crippen LogP) is 2.88. The number of aromatic nitrogens is 2. The summed E-state index contributed by atoms with van der Waals surface area (Å²) in [6.45, 7) is 2.45. The van der Waals surface area contributed by atoms with Crippen molar-refractivity contribution < 1.29 is 4.79 Å². The fourth-order valence-electron chi connectivity index (χ4n) is 2.17. The molecule has 1 N–H and O–H groups in total. The van der Waals surface area contributed by atoms with Crippen LogP contribution in [0, 0.1) is 5.92 Å². The Morgan fingerprint density at radius 2 is 2.27 bits per heavy atom. The van der Waals surface area contributed by atoms with Crippen LogP contribution in [0.5, 0.6) is 0 Å². The summed E-state index contributed by atoms with van der Waals surface area (Å²) in [4.78, 5) is 17.4. The van der Waals surface area contributed by atoms with Crippen LogP contribution in [0.15, 0.2) is 53.2 Å². The van der Waals surface area contributed by atoms with E-state index >= 15 is 0 Å². The number of nitrogens with one attached hydrogen (secondary N) is 1. The lowest BCUT2D eigenvalue weighted by atomic mass is 10.1. The van der Waals surface area contributed by atoms with E-state index in [0.29, 0.717) is 6.54 Å². The Morgan fingerprint density at radius 3 is 3.09 bits per heavy atom. The van der Waals surface area contributed by atoms with Crippen molar-refractivity contribution in [1.82, 2.24) is 15.0 Å². The molecule has 112 valence electrons. The van der Waals surface area contributed by atoms with Gasteiger partial charge in [0, 0.05) is 11.4 Å². The van der Waals surface area contributed by atoms with E-state index in [1.165, 1.54) is 0 Å². The van der Waals surface area contributed by atoms with Gasteiger partial charge in [-0.15, -0.1) is 11.3 Å². The first kappa shape index (κ1) is 14.5. The van der Waals surface area contributed by atoms with Crippen LogP contribution in [0.2, 0.25) is 0 Å². The molecule has 2 aromatic heterocycles. The van der Waals surface area contributed by atoms with Crippen LogP contribution < -0.4 is 5.43 Å². The molecular formula is C16H16N4OS. The van der Waals surface area contributed by atoms with Gasteiger partial charge in [-0.1, -0.05) is 25.1 Å². The molecule has 0 bridgehead atoms. The second-order valence-corrected chi connectivity index (χ2v) is 6.02. The lowest BCUT2D eigenvalue weighted by Gasteiger charge is -2.11. The van der Waals surface area contributed by atoms with Crippen LogP contribution in [0.25, 0.3) is 11.0 Å². The van der Waals surface area contributed by atoms with E-state index in [-0.39, 0.29) is 11.8 Å². The number of benzene rings is 1. The van der Waals surface area contributed by atoms with E-state index in [4.69, 9.17) is 0 Å². The van der Waals surface area contributed by atoms with E-state index in [9.17, 15) is 4.79 Å². The summed E-state index contributed by atoms with van der Waals surface area (Å²) in [6.07, 6.45) is 3.42. The van der Waals surface area contributed by atoms with Gasteiger partial charge < -0.3 is 4.57 Å². The number of hydrogen-bond donors (Lipinski definition) is 1. The minimum absolute atomic E-state index is 0.106. The number of para-hydroxylation sites is 2. The van der Waals surface area contributed by atoms with Crippen molar-refractivity contribution in [2.75, 3.05) is 0 Å². The maximum absolute atomic E-state index is 12.1. The Balaban J connectivity index is 1.61. The number of hydrazone groups is 1. The first-order valence-electron chi connectivity index (χ1n) is 7.00. The van der Waals surface area contributed by atoms with E-state index < -0.39 is 0 Å². The molecule has 0 radical (unpaired) electrons. The molecule has 0 aliphatic heterocycles. The Morgan fingerprint density at radius 1 is 1.41 bits per heavy atom. The van der Waals surface area contributed by atoms with Crippen LogP contribution in [0.3, 0.4) is 0 Å². The summed E-state index contributed by atoms with van der Waals surface area (Å²) in [7, 11) is 0. The Hall–Kier alpha value is -2.47. The molecule has 3 rings (SSSR count). The lowest BCUT2D eigenvalue weighted by molar-refractivity contribution is -0.124. The number of fused-ring (bicyclic) bond motifs is 1. The van der Waals surface area contributed by atoms with Gasteiger partial charge in [-0.2, -0.15) is 5.10 Å². The second-order valence-electron chi connectivity index (χ2n) is 5.04. The van der Waals surface area contributed by atoms with Crippen molar-refractivity contribution in [3.8, 4) is 0 Å². The van der Waals surface area contributed by atoms with Crippen molar-refractivity contribution in [2.45, 2.75) is 13.5 Å². The zero-order valence-corrected chi connectivity index (χ0v) is 13.0. The molecule has 0 fully saturated rings. The van der Waals surface area contributed by atoms with Gasteiger partial charge in [-0.05, 0) is 23.6 Å². The van der Waals surface area contributed by atoms with Gasteiger partial charge in [0.2, 0.25) is 5.91 Å². The zero-order chi connectivity index (χ0) is 15.4. The number of carbonyl (C=O) groups excluding carboxylic acids is 1.